The number of ether oxygens (including phenoxy) is 1. The first-order valence-electron chi connectivity index (χ1n) is 9.88. The number of benzene rings is 3. The average Bonchev–Trinajstić information content (AvgIpc) is 3.23. The molecule has 4 rings (SSSR count). The molecule has 8 heteroatoms. The van der Waals surface area contributed by atoms with Crippen LogP contribution in [0.15, 0.2) is 78.0 Å². The van der Waals surface area contributed by atoms with Gasteiger partial charge in [0.2, 0.25) is 5.91 Å². The molecule has 0 spiro atoms. The summed E-state index contributed by atoms with van der Waals surface area (Å²) in [5.74, 6) is 1.44. The fourth-order valence-electron chi connectivity index (χ4n) is 3.11. The molecule has 6 nitrogen and oxygen atoms in total. The first-order chi connectivity index (χ1) is 15.5. The fourth-order valence-corrected chi connectivity index (χ4v) is 4.05. The van der Waals surface area contributed by atoms with Crippen LogP contribution in [0, 0.1) is 6.92 Å². The molecule has 0 fully saturated rings. The number of aryl methyl sites for hydroxylation is 1. The molecule has 0 atom stereocenters. The van der Waals surface area contributed by atoms with Crippen LogP contribution in [-0.2, 0) is 4.79 Å². The number of anilines is 1. The molecule has 0 unspecified atom stereocenters. The van der Waals surface area contributed by atoms with E-state index in [0.29, 0.717) is 21.7 Å². The number of hydrogen-bond donors (Lipinski definition) is 1. The Labute approximate surface area is 195 Å². The maximum Gasteiger partial charge on any atom is 0.234 e. The number of rotatable bonds is 7. The molecule has 1 aromatic heterocycles. The van der Waals surface area contributed by atoms with Crippen molar-refractivity contribution in [3.63, 3.8) is 0 Å². The van der Waals surface area contributed by atoms with Gasteiger partial charge in [0.15, 0.2) is 11.0 Å². The van der Waals surface area contributed by atoms with Gasteiger partial charge in [-0.15, -0.1) is 10.2 Å². The van der Waals surface area contributed by atoms with E-state index in [0.717, 1.165) is 22.6 Å². The Morgan fingerprint density at radius 1 is 1.06 bits per heavy atom. The number of methoxy groups -OCH3 is 1. The zero-order valence-corrected chi connectivity index (χ0v) is 19.2. The Kier molecular flexibility index (Phi) is 6.78. The second-order valence-corrected chi connectivity index (χ2v) is 8.43. The van der Waals surface area contributed by atoms with Crippen molar-refractivity contribution in [1.29, 1.82) is 0 Å². The Hall–Kier alpha value is -3.29. The lowest BCUT2D eigenvalue weighted by molar-refractivity contribution is -0.113. The van der Waals surface area contributed by atoms with E-state index in [1.807, 2.05) is 60.0 Å². The van der Waals surface area contributed by atoms with Crippen LogP contribution in [0.2, 0.25) is 5.02 Å². The SMILES string of the molecule is COc1ccc(NC(=O)CSc2nnc(-c3cccc(Cl)c3)n2-c2ccc(C)cc2)cc1. The minimum Gasteiger partial charge on any atom is -0.497 e. The summed E-state index contributed by atoms with van der Waals surface area (Å²) in [5, 5.41) is 12.9. The van der Waals surface area contributed by atoms with Crippen molar-refractivity contribution in [2.24, 2.45) is 0 Å². The zero-order valence-electron chi connectivity index (χ0n) is 17.6. The first-order valence-corrected chi connectivity index (χ1v) is 11.2. The molecule has 32 heavy (non-hydrogen) atoms. The lowest BCUT2D eigenvalue weighted by Crippen LogP contribution is -2.14. The lowest BCUT2D eigenvalue weighted by atomic mass is 10.2. The molecule has 0 saturated heterocycles. The van der Waals surface area contributed by atoms with E-state index in [1.54, 1.807) is 31.4 Å². The highest BCUT2D eigenvalue weighted by molar-refractivity contribution is 7.99. The van der Waals surface area contributed by atoms with E-state index >= 15 is 0 Å². The summed E-state index contributed by atoms with van der Waals surface area (Å²) < 4.78 is 7.09. The predicted molar refractivity (Wildman–Crippen MR) is 129 cm³/mol. The van der Waals surface area contributed by atoms with Crippen LogP contribution in [0.1, 0.15) is 5.56 Å². The Morgan fingerprint density at radius 3 is 2.50 bits per heavy atom. The largest absolute Gasteiger partial charge is 0.497 e. The number of nitrogens with zero attached hydrogens (tertiary/aromatic N) is 3. The number of amides is 1. The monoisotopic (exact) mass is 464 g/mol. The van der Waals surface area contributed by atoms with Gasteiger partial charge in [-0.3, -0.25) is 9.36 Å². The molecule has 3 aromatic carbocycles. The van der Waals surface area contributed by atoms with Crippen molar-refractivity contribution in [2.75, 3.05) is 18.2 Å². The summed E-state index contributed by atoms with van der Waals surface area (Å²) in [7, 11) is 1.60. The maximum atomic E-state index is 12.5. The molecule has 1 heterocycles. The minimum atomic E-state index is -0.136. The van der Waals surface area contributed by atoms with Crippen LogP contribution in [0.25, 0.3) is 17.1 Å². The van der Waals surface area contributed by atoms with Gasteiger partial charge in [-0.25, -0.2) is 0 Å². The molecule has 162 valence electrons. The molecular formula is C24H21ClN4O2S. The van der Waals surface area contributed by atoms with Crippen molar-refractivity contribution in [3.8, 4) is 22.8 Å². The summed E-state index contributed by atoms with van der Waals surface area (Å²) in [4.78, 5) is 12.5. The molecule has 0 aliphatic rings. The number of aromatic nitrogens is 3. The van der Waals surface area contributed by atoms with Gasteiger partial charge in [-0.2, -0.15) is 0 Å². The summed E-state index contributed by atoms with van der Waals surface area (Å²) in [6, 6.07) is 22.7. The van der Waals surface area contributed by atoms with Crippen LogP contribution in [0.4, 0.5) is 5.69 Å². The molecule has 0 bridgehead atoms. The number of carbonyl (C=O) groups excluding carboxylic acids is 1. The summed E-state index contributed by atoms with van der Waals surface area (Å²) in [5.41, 5.74) is 3.61. The molecule has 4 aromatic rings. The van der Waals surface area contributed by atoms with E-state index in [4.69, 9.17) is 16.3 Å². The highest BCUT2D eigenvalue weighted by atomic mass is 35.5. The zero-order chi connectivity index (χ0) is 22.5. The third-order valence-electron chi connectivity index (χ3n) is 4.71. The number of nitrogens with one attached hydrogen (secondary N) is 1. The Balaban J connectivity index is 1.57. The van der Waals surface area contributed by atoms with Gasteiger partial charge in [-0.1, -0.05) is 53.2 Å². The van der Waals surface area contributed by atoms with Crippen molar-refractivity contribution in [3.05, 3.63) is 83.4 Å². The summed E-state index contributed by atoms with van der Waals surface area (Å²) >= 11 is 7.52. The maximum absolute atomic E-state index is 12.5. The first kappa shape index (κ1) is 21.9. The predicted octanol–water partition coefficient (Wildman–Crippen LogP) is 5.64. The minimum absolute atomic E-state index is 0.136. The third-order valence-corrected chi connectivity index (χ3v) is 5.88. The molecular weight excluding hydrogens is 444 g/mol. The second kappa shape index (κ2) is 9.89. The molecule has 1 N–H and O–H groups in total. The summed E-state index contributed by atoms with van der Waals surface area (Å²) in [6.07, 6.45) is 0. The number of hydrogen-bond acceptors (Lipinski definition) is 5. The van der Waals surface area contributed by atoms with Gasteiger partial charge >= 0.3 is 0 Å². The van der Waals surface area contributed by atoms with E-state index in [-0.39, 0.29) is 11.7 Å². The average molecular weight is 465 g/mol. The lowest BCUT2D eigenvalue weighted by Gasteiger charge is -2.11. The molecule has 1 amide bonds. The van der Waals surface area contributed by atoms with Gasteiger partial charge < -0.3 is 10.1 Å². The van der Waals surface area contributed by atoms with E-state index < -0.39 is 0 Å². The fraction of sp³-hybridized carbons (Fsp3) is 0.125. The van der Waals surface area contributed by atoms with E-state index in [2.05, 4.69) is 15.5 Å². The number of halogens is 1. The van der Waals surface area contributed by atoms with Gasteiger partial charge in [0.1, 0.15) is 5.75 Å². The molecule has 0 aliphatic carbocycles. The van der Waals surface area contributed by atoms with Crippen LogP contribution < -0.4 is 10.1 Å². The highest BCUT2D eigenvalue weighted by Crippen LogP contribution is 2.29. The Bertz CT molecular complexity index is 1220. The van der Waals surface area contributed by atoms with Gasteiger partial charge in [0.05, 0.1) is 12.9 Å². The molecule has 0 radical (unpaired) electrons. The molecule has 0 aliphatic heterocycles. The molecule has 0 saturated carbocycles. The normalized spacial score (nSPS) is 10.7. The van der Waals surface area contributed by atoms with Crippen molar-refractivity contribution < 1.29 is 9.53 Å². The van der Waals surface area contributed by atoms with Crippen molar-refractivity contribution >= 4 is 35.0 Å². The van der Waals surface area contributed by atoms with Crippen molar-refractivity contribution in [1.82, 2.24) is 14.8 Å². The van der Waals surface area contributed by atoms with Crippen molar-refractivity contribution in [2.45, 2.75) is 12.1 Å². The summed E-state index contributed by atoms with van der Waals surface area (Å²) in [6.45, 7) is 2.03. The van der Waals surface area contributed by atoms with Crippen LogP contribution in [-0.4, -0.2) is 33.5 Å². The van der Waals surface area contributed by atoms with E-state index in [9.17, 15) is 4.79 Å². The van der Waals surface area contributed by atoms with Gasteiger partial charge in [0, 0.05) is 22.0 Å². The quantitative estimate of drug-likeness (QED) is 0.359. The topological polar surface area (TPSA) is 69.0 Å². The Morgan fingerprint density at radius 2 is 1.81 bits per heavy atom. The standard InChI is InChI=1S/C24H21ClN4O2S/c1-16-6-10-20(11-7-16)29-23(17-4-3-5-18(25)14-17)27-28-24(29)32-15-22(30)26-19-8-12-21(31-2)13-9-19/h3-14H,15H2,1-2H3,(H,26,30). The number of thioether (sulfide) groups is 1. The highest BCUT2D eigenvalue weighted by Gasteiger charge is 2.17. The van der Waals surface area contributed by atoms with Crippen LogP contribution in [0.3, 0.4) is 0 Å². The van der Waals surface area contributed by atoms with Gasteiger partial charge in [-0.05, 0) is 55.5 Å². The van der Waals surface area contributed by atoms with Crippen LogP contribution in [0.5, 0.6) is 5.75 Å². The smallest absolute Gasteiger partial charge is 0.234 e. The van der Waals surface area contributed by atoms with Gasteiger partial charge in [0.25, 0.3) is 0 Å². The number of carbonyl (C=O) groups is 1. The van der Waals surface area contributed by atoms with E-state index in [1.165, 1.54) is 11.8 Å². The van der Waals surface area contributed by atoms with Crippen LogP contribution >= 0.6 is 23.4 Å². The third kappa shape index (κ3) is 5.12. The second-order valence-electron chi connectivity index (χ2n) is 7.05.